The van der Waals surface area contributed by atoms with Crippen molar-refractivity contribution in [2.24, 2.45) is 0 Å². The van der Waals surface area contributed by atoms with E-state index in [2.05, 4.69) is 10.1 Å². The van der Waals surface area contributed by atoms with Crippen molar-refractivity contribution in [2.45, 2.75) is 13.0 Å². The van der Waals surface area contributed by atoms with E-state index in [9.17, 15) is 9.59 Å². The first-order valence-electron chi connectivity index (χ1n) is 9.79. The van der Waals surface area contributed by atoms with Crippen LogP contribution in [0, 0.1) is 6.92 Å². The summed E-state index contributed by atoms with van der Waals surface area (Å²) in [6.07, 6.45) is 3.28. The van der Waals surface area contributed by atoms with Gasteiger partial charge in [0.25, 0.3) is 5.91 Å². The summed E-state index contributed by atoms with van der Waals surface area (Å²) in [5.74, 6) is 0.447. The average Bonchev–Trinajstić information content (AvgIpc) is 3.35. The summed E-state index contributed by atoms with van der Waals surface area (Å²) >= 11 is 0. The molecule has 3 aromatic heterocycles. The number of hydrogen-bond donors (Lipinski definition) is 0. The van der Waals surface area contributed by atoms with Crippen molar-refractivity contribution in [1.82, 2.24) is 10.1 Å². The van der Waals surface area contributed by atoms with E-state index in [0.717, 1.165) is 10.8 Å². The largest absolute Gasteiger partial charge is 0.450 e. The van der Waals surface area contributed by atoms with Crippen LogP contribution in [0.2, 0.25) is 0 Å². The van der Waals surface area contributed by atoms with Crippen LogP contribution in [0.3, 0.4) is 0 Å². The molecule has 0 saturated carbocycles. The summed E-state index contributed by atoms with van der Waals surface area (Å²) in [7, 11) is 0. The predicted molar refractivity (Wildman–Crippen MR) is 114 cm³/mol. The number of nitrogens with zero attached hydrogens (tertiary/aromatic N) is 3. The van der Waals surface area contributed by atoms with E-state index < -0.39 is 11.9 Å². The maximum Gasteiger partial charge on any atom is 0.296 e. The third-order valence-electron chi connectivity index (χ3n) is 5.62. The second-order valence-electron chi connectivity index (χ2n) is 7.50. The fourth-order valence-electron chi connectivity index (χ4n) is 4.26. The summed E-state index contributed by atoms with van der Waals surface area (Å²) in [4.78, 5) is 32.8. The predicted octanol–water partition coefficient (Wildman–Crippen LogP) is 4.39. The number of hydrogen-bond acceptors (Lipinski definition) is 6. The molecule has 1 atom stereocenters. The van der Waals surface area contributed by atoms with Crippen LogP contribution < -0.4 is 10.3 Å². The molecule has 0 spiro atoms. The number of carbonyl (C=O) groups is 1. The van der Waals surface area contributed by atoms with Crippen LogP contribution >= 0.6 is 0 Å². The first-order chi connectivity index (χ1) is 15.1. The van der Waals surface area contributed by atoms with Crippen molar-refractivity contribution < 1.29 is 13.7 Å². The van der Waals surface area contributed by atoms with Crippen LogP contribution in [0.1, 0.15) is 33.5 Å². The van der Waals surface area contributed by atoms with Gasteiger partial charge in [0, 0.05) is 23.8 Å². The van der Waals surface area contributed by atoms with Crippen molar-refractivity contribution in [2.75, 3.05) is 4.90 Å². The van der Waals surface area contributed by atoms with Crippen molar-refractivity contribution in [3.8, 4) is 0 Å². The van der Waals surface area contributed by atoms with Crippen molar-refractivity contribution in [3.05, 3.63) is 99.9 Å². The van der Waals surface area contributed by atoms with Gasteiger partial charge in [-0.2, -0.15) is 0 Å². The van der Waals surface area contributed by atoms with E-state index in [1.807, 2.05) is 36.4 Å². The van der Waals surface area contributed by atoms with Crippen LogP contribution in [-0.4, -0.2) is 16.0 Å². The minimum atomic E-state index is -0.715. The molecule has 1 aliphatic rings. The smallest absolute Gasteiger partial charge is 0.296 e. The lowest BCUT2D eigenvalue weighted by molar-refractivity contribution is 0.0969. The average molecular weight is 409 g/mol. The van der Waals surface area contributed by atoms with E-state index >= 15 is 0 Å². The van der Waals surface area contributed by atoms with Gasteiger partial charge in [0.05, 0.1) is 17.0 Å². The third kappa shape index (κ3) is 2.46. The zero-order valence-electron chi connectivity index (χ0n) is 16.4. The van der Waals surface area contributed by atoms with Crippen LogP contribution in [0.4, 0.5) is 5.82 Å². The number of amides is 1. The molecule has 0 aliphatic carbocycles. The molecule has 0 unspecified atom stereocenters. The van der Waals surface area contributed by atoms with E-state index in [0.29, 0.717) is 28.1 Å². The number of anilines is 1. The molecular weight excluding hydrogens is 394 g/mol. The van der Waals surface area contributed by atoms with Crippen molar-refractivity contribution >= 4 is 33.5 Å². The Morgan fingerprint density at radius 3 is 2.65 bits per heavy atom. The maximum absolute atomic E-state index is 13.7. The van der Waals surface area contributed by atoms with Gasteiger partial charge >= 0.3 is 0 Å². The Balaban J connectivity index is 1.70. The summed E-state index contributed by atoms with van der Waals surface area (Å²) in [5, 5.41) is 6.16. The van der Waals surface area contributed by atoms with Crippen LogP contribution in [-0.2, 0) is 0 Å². The number of benzene rings is 2. The zero-order valence-corrected chi connectivity index (χ0v) is 16.4. The first-order valence-corrected chi connectivity index (χ1v) is 9.79. The maximum atomic E-state index is 13.7. The van der Waals surface area contributed by atoms with Gasteiger partial charge in [0.1, 0.15) is 11.3 Å². The highest BCUT2D eigenvalue weighted by Gasteiger charge is 2.45. The molecule has 31 heavy (non-hydrogen) atoms. The van der Waals surface area contributed by atoms with Gasteiger partial charge in [0.15, 0.2) is 11.2 Å². The van der Waals surface area contributed by atoms with Gasteiger partial charge in [-0.15, -0.1) is 0 Å². The number of pyridine rings is 1. The lowest BCUT2D eigenvalue weighted by Gasteiger charge is -2.21. The van der Waals surface area contributed by atoms with Crippen molar-refractivity contribution in [3.63, 3.8) is 0 Å². The van der Waals surface area contributed by atoms with E-state index in [4.69, 9.17) is 8.94 Å². The number of aromatic nitrogens is 2. The molecule has 4 heterocycles. The Labute approximate surface area is 175 Å². The molecule has 5 aromatic rings. The Morgan fingerprint density at radius 2 is 1.87 bits per heavy atom. The Hall–Kier alpha value is -4.26. The van der Waals surface area contributed by atoms with Gasteiger partial charge in [0.2, 0.25) is 5.76 Å². The molecule has 1 aliphatic heterocycles. The molecule has 0 bridgehead atoms. The molecule has 7 heteroatoms. The number of rotatable bonds is 2. The SMILES string of the molecule is Cc1cc(N2C(=O)c3oc4c(ccc5ccccc54)c(=O)c3[C@@H]2c2cccnc2)no1. The van der Waals surface area contributed by atoms with Gasteiger partial charge in [-0.25, -0.2) is 0 Å². The number of aryl methyl sites for hydroxylation is 1. The minimum absolute atomic E-state index is 0.0170. The van der Waals surface area contributed by atoms with Crippen LogP contribution in [0.15, 0.2) is 80.7 Å². The van der Waals surface area contributed by atoms with Gasteiger partial charge in [-0.05, 0) is 30.0 Å². The standard InChI is InChI=1S/C24H15N3O4/c1-13-11-18(26-31-13)27-20(15-6-4-10-25-12-15)19-21(28)17-9-8-14-5-2-3-7-16(14)22(17)30-23(19)24(27)29/h2-12,20H,1H3/t20-/m0/s1. The zero-order chi connectivity index (χ0) is 21.1. The summed E-state index contributed by atoms with van der Waals surface area (Å²) in [5.41, 5.74) is 1.12. The van der Waals surface area contributed by atoms with Gasteiger partial charge in [-0.3, -0.25) is 19.5 Å². The fourth-order valence-corrected chi connectivity index (χ4v) is 4.26. The Morgan fingerprint density at radius 1 is 1.00 bits per heavy atom. The lowest BCUT2D eigenvalue weighted by atomic mass is 9.98. The molecule has 0 saturated heterocycles. The molecule has 150 valence electrons. The monoisotopic (exact) mass is 409 g/mol. The highest BCUT2D eigenvalue weighted by Crippen LogP contribution is 2.41. The second-order valence-corrected chi connectivity index (χ2v) is 7.50. The third-order valence-corrected chi connectivity index (χ3v) is 5.62. The molecule has 6 rings (SSSR count). The molecule has 0 fully saturated rings. The second kappa shape index (κ2) is 6.37. The topological polar surface area (TPSA) is 89.4 Å². The molecule has 1 amide bonds. The molecule has 0 radical (unpaired) electrons. The number of fused-ring (bicyclic) bond motifs is 4. The molecular formula is C24H15N3O4. The van der Waals surface area contributed by atoms with E-state index in [-0.39, 0.29) is 16.8 Å². The van der Waals surface area contributed by atoms with Gasteiger partial charge in [-0.1, -0.05) is 41.6 Å². The Bertz CT molecular complexity index is 1550. The quantitative estimate of drug-likeness (QED) is 0.402. The molecule has 7 nitrogen and oxygen atoms in total. The minimum Gasteiger partial charge on any atom is -0.450 e. The van der Waals surface area contributed by atoms with Crippen LogP contribution in [0.25, 0.3) is 21.7 Å². The summed E-state index contributed by atoms with van der Waals surface area (Å²) < 4.78 is 11.4. The summed E-state index contributed by atoms with van der Waals surface area (Å²) in [6.45, 7) is 1.74. The number of carbonyl (C=O) groups excluding carboxylic acids is 1. The fraction of sp³-hybridized carbons (Fsp3) is 0.0833. The summed E-state index contributed by atoms with van der Waals surface area (Å²) in [6, 6.07) is 15.8. The molecule has 2 aromatic carbocycles. The highest BCUT2D eigenvalue weighted by atomic mass is 16.5. The van der Waals surface area contributed by atoms with E-state index in [1.54, 1.807) is 37.5 Å². The van der Waals surface area contributed by atoms with Gasteiger partial charge < -0.3 is 8.94 Å². The Kier molecular flexibility index (Phi) is 3.61. The first kappa shape index (κ1) is 17.6. The van der Waals surface area contributed by atoms with Crippen LogP contribution in [0.5, 0.6) is 0 Å². The molecule has 0 N–H and O–H groups in total. The van der Waals surface area contributed by atoms with Crippen molar-refractivity contribution in [1.29, 1.82) is 0 Å². The highest BCUT2D eigenvalue weighted by molar-refractivity contribution is 6.12. The van der Waals surface area contributed by atoms with E-state index in [1.165, 1.54) is 4.90 Å². The lowest BCUT2D eigenvalue weighted by Crippen LogP contribution is -2.29. The normalized spacial score (nSPS) is 15.7.